The fourth-order valence-corrected chi connectivity index (χ4v) is 1.88. The Morgan fingerprint density at radius 1 is 1.39 bits per heavy atom. The van der Waals surface area contributed by atoms with Crippen molar-refractivity contribution in [1.82, 2.24) is 0 Å². The topological polar surface area (TPSA) is 72.3 Å². The summed E-state index contributed by atoms with van der Waals surface area (Å²) in [5.74, 6) is -0.462. The van der Waals surface area contributed by atoms with Crippen LogP contribution in [0.3, 0.4) is 0 Å². The molecular weight excluding hydrogens is 226 g/mol. The molecule has 0 aliphatic carbocycles. The van der Waals surface area contributed by atoms with Crippen LogP contribution in [0.4, 0.5) is 5.69 Å². The Morgan fingerprint density at radius 3 is 2.50 bits per heavy atom. The molecule has 100 valence electrons. The van der Waals surface area contributed by atoms with Crippen LogP contribution in [0.25, 0.3) is 0 Å². The zero-order chi connectivity index (χ0) is 13.9. The number of hydrogen-bond donors (Lipinski definition) is 2. The van der Waals surface area contributed by atoms with Gasteiger partial charge in [0.1, 0.15) is 0 Å². The van der Waals surface area contributed by atoms with Crippen molar-refractivity contribution in [2.75, 3.05) is 18.5 Å². The Labute approximate surface area is 109 Å². The third-order valence-electron chi connectivity index (χ3n) is 3.29. The number of primary amides is 1. The fraction of sp³-hybridized carbons (Fsp3) is 0.500. The summed E-state index contributed by atoms with van der Waals surface area (Å²) < 4.78 is 0. The van der Waals surface area contributed by atoms with E-state index in [2.05, 4.69) is 36.9 Å². The van der Waals surface area contributed by atoms with Crippen molar-refractivity contribution in [3.05, 3.63) is 29.3 Å². The summed E-state index contributed by atoms with van der Waals surface area (Å²) in [6.07, 6.45) is 0.534. The van der Waals surface area contributed by atoms with E-state index in [1.165, 1.54) is 11.1 Å². The van der Waals surface area contributed by atoms with Crippen molar-refractivity contribution in [3.63, 3.8) is 0 Å². The molecular formula is C14H23N3O. The lowest BCUT2D eigenvalue weighted by molar-refractivity contribution is -0.122. The van der Waals surface area contributed by atoms with Crippen molar-refractivity contribution < 1.29 is 4.79 Å². The van der Waals surface area contributed by atoms with Crippen LogP contribution in [0.1, 0.15) is 24.5 Å². The number of aryl methyl sites for hydroxylation is 2. The molecule has 0 aromatic heterocycles. The first kappa shape index (κ1) is 14.5. The minimum absolute atomic E-state index is 0.462. The first-order valence-corrected chi connectivity index (χ1v) is 6.11. The molecule has 4 heteroatoms. The molecule has 18 heavy (non-hydrogen) atoms. The second-order valence-corrected chi connectivity index (χ2v) is 5.24. The molecule has 0 radical (unpaired) electrons. The van der Waals surface area contributed by atoms with Gasteiger partial charge in [-0.1, -0.05) is 17.7 Å². The number of benzene rings is 1. The van der Waals surface area contributed by atoms with E-state index in [9.17, 15) is 4.79 Å². The van der Waals surface area contributed by atoms with Crippen LogP contribution in [0.15, 0.2) is 18.2 Å². The van der Waals surface area contributed by atoms with Crippen molar-refractivity contribution >= 4 is 11.6 Å². The number of anilines is 1. The molecule has 4 nitrogen and oxygen atoms in total. The maximum absolute atomic E-state index is 11.2. The molecule has 0 spiro atoms. The molecule has 1 aromatic rings. The van der Waals surface area contributed by atoms with Gasteiger partial charge in [-0.15, -0.1) is 0 Å². The van der Waals surface area contributed by atoms with E-state index < -0.39 is 11.4 Å². The number of nitrogens with two attached hydrogens (primary N) is 2. The molecule has 0 aliphatic heterocycles. The Morgan fingerprint density at radius 2 is 2.00 bits per heavy atom. The molecule has 0 saturated carbocycles. The predicted octanol–water partition coefficient (Wildman–Crippen LogP) is 1.33. The molecule has 1 aromatic carbocycles. The van der Waals surface area contributed by atoms with E-state index in [-0.39, 0.29) is 0 Å². The lowest BCUT2D eigenvalue weighted by Gasteiger charge is -2.27. The Bertz CT molecular complexity index is 441. The summed E-state index contributed by atoms with van der Waals surface area (Å²) in [6, 6.07) is 6.30. The molecule has 0 bridgehead atoms. The van der Waals surface area contributed by atoms with Gasteiger partial charge in [0, 0.05) is 19.3 Å². The van der Waals surface area contributed by atoms with Gasteiger partial charge >= 0.3 is 0 Å². The van der Waals surface area contributed by atoms with Gasteiger partial charge in [0.15, 0.2) is 0 Å². The molecule has 0 saturated heterocycles. The molecule has 1 rings (SSSR count). The lowest BCUT2D eigenvalue weighted by Crippen LogP contribution is -2.51. The molecule has 0 heterocycles. The van der Waals surface area contributed by atoms with Gasteiger partial charge in [0.05, 0.1) is 5.54 Å². The van der Waals surface area contributed by atoms with Crippen LogP contribution >= 0.6 is 0 Å². The Balaban J connectivity index is 2.71. The first-order valence-electron chi connectivity index (χ1n) is 6.11. The minimum Gasteiger partial charge on any atom is -0.374 e. The summed E-state index contributed by atoms with van der Waals surface area (Å²) >= 11 is 0. The quantitative estimate of drug-likeness (QED) is 0.827. The summed E-state index contributed by atoms with van der Waals surface area (Å²) in [5, 5.41) is 0. The van der Waals surface area contributed by atoms with Crippen LogP contribution < -0.4 is 16.4 Å². The van der Waals surface area contributed by atoms with Crippen LogP contribution in [0.5, 0.6) is 0 Å². The molecule has 4 N–H and O–H groups in total. The van der Waals surface area contributed by atoms with Gasteiger partial charge in [-0.05, 0) is 38.8 Å². The number of nitrogens with zero attached hydrogens (tertiary/aromatic N) is 1. The number of rotatable bonds is 5. The number of carbonyl (C=O) groups is 1. The summed E-state index contributed by atoms with van der Waals surface area (Å²) in [6.45, 7) is 6.51. The van der Waals surface area contributed by atoms with E-state index in [4.69, 9.17) is 11.5 Å². The van der Waals surface area contributed by atoms with E-state index in [1.54, 1.807) is 6.92 Å². The SMILES string of the molecule is Cc1ccc(N(C)CCC(C)(N)C(N)=O)c(C)c1. The van der Waals surface area contributed by atoms with Crippen LogP contribution in [0, 0.1) is 13.8 Å². The van der Waals surface area contributed by atoms with Crippen molar-refractivity contribution in [2.24, 2.45) is 11.5 Å². The highest BCUT2D eigenvalue weighted by Crippen LogP contribution is 2.20. The third-order valence-corrected chi connectivity index (χ3v) is 3.29. The lowest BCUT2D eigenvalue weighted by atomic mass is 9.98. The smallest absolute Gasteiger partial charge is 0.237 e. The second-order valence-electron chi connectivity index (χ2n) is 5.24. The van der Waals surface area contributed by atoms with E-state index in [1.807, 2.05) is 7.05 Å². The molecule has 0 fully saturated rings. The van der Waals surface area contributed by atoms with E-state index >= 15 is 0 Å². The highest BCUT2D eigenvalue weighted by molar-refractivity contribution is 5.83. The maximum Gasteiger partial charge on any atom is 0.237 e. The average molecular weight is 249 g/mol. The van der Waals surface area contributed by atoms with Crippen LogP contribution in [-0.4, -0.2) is 25.0 Å². The maximum atomic E-state index is 11.2. The zero-order valence-electron chi connectivity index (χ0n) is 11.7. The molecule has 0 aliphatic rings. The van der Waals surface area contributed by atoms with E-state index in [0.717, 1.165) is 5.69 Å². The highest BCUT2D eigenvalue weighted by atomic mass is 16.1. The number of carbonyl (C=O) groups excluding carboxylic acids is 1. The van der Waals surface area contributed by atoms with Gasteiger partial charge in [-0.2, -0.15) is 0 Å². The summed E-state index contributed by atoms with van der Waals surface area (Å²) in [5.41, 5.74) is 13.8. The minimum atomic E-state index is -0.952. The van der Waals surface area contributed by atoms with E-state index in [0.29, 0.717) is 13.0 Å². The highest BCUT2D eigenvalue weighted by Gasteiger charge is 2.25. The standard InChI is InChI=1S/C14H23N3O/c1-10-5-6-12(11(2)9-10)17(4)8-7-14(3,16)13(15)18/h5-6,9H,7-8,16H2,1-4H3,(H2,15,18). The van der Waals surface area contributed by atoms with Gasteiger partial charge < -0.3 is 16.4 Å². The van der Waals surface area contributed by atoms with Gasteiger partial charge in [0.2, 0.25) is 5.91 Å². The van der Waals surface area contributed by atoms with Crippen molar-refractivity contribution in [1.29, 1.82) is 0 Å². The monoisotopic (exact) mass is 249 g/mol. The average Bonchev–Trinajstić information content (AvgIpc) is 2.25. The van der Waals surface area contributed by atoms with Gasteiger partial charge in [0.25, 0.3) is 0 Å². The molecule has 1 amide bonds. The molecule has 1 unspecified atom stereocenters. The molecule has 1 atom stereocenters. The third kappa shape index (κ3) is 3.47. The van der Waals surface area contributed by atoms with Gasteiger partial charge in [-0.3, -0.25) is 4.79 Å². The zero-order valence-corrected chi connectivity index (χ0v) is 11.7. The predicted molar refractivity (Wildman–Crippen MR) is 75.6 cm³/mol. The van der Waals surface area contributed by atoms with Crippen LogP contribution in [0.2, 0.25) is 0 Å². The first-order chi connectivity index (χ1) is 8.24. The second kappa shape index (κ2) is 5.40. The Kier molecular flexibility index (Phi) is 4.35. The van der Waals surface area contributed by atoms with Crippen LogP contribution in [-0.2, 0) is 4.79 Å². The van der Waals surface area contributed by atoms with Crippen molar-refractivity contribution in [3.8, 4) is 0 Å². The van der Waals surface area contributed by atoms with Gasteiger partial charge in [-0.25, -0.2) is 0 Å². The number of hydrogen-bond acceptors (Lipinski definition) is 3. The largest absolute Gasteiger partial charge is 0.374 e. The fourth-order valence-electron chi connectivity index (χ4n) is 1.88. The summed E-state index contributed by atoms with van der Waals surface area (Å²) in [4.78, 5) is 13.3. The van der Waals surface area contributed by atoms with Crippen molar-refractivity contribution in [2.45, 2.75) is 32.7 Å². The summed E-state index contributed by atoms with van der Waals surface area (Å²) in [7, 11) is 1.99. The Hall–Kier alpha value is -1.55. The number of amides is 1. The normalized spacial score (nSPS) is 14.1.